The van der Waals surface area contributed by atoms with E-state index in [4.69, 9.17) is 45.5 Å². The van der Waals surface area contributed by atoms with E-state index in [0.29, 0.717) is 57.3 Å². The minimum absolute atomic E-state index is 0.0797. The maximum Gasteiger partial charge on any atom is 0.375 e. The molecule has 6 heterocycles. The van der Waals surface area contributed by atoms with E-state index in [1.54, 1.807) is 23.1 Å². The molecular weight excluding hydrogens is 979 g/mol. The van der Waals surface area contributed by atoms with E-state index in [0.717, 1.165) is 66.6 Å². The Morgan fingerprint density at radius 2 is 1.14 bits per heavy atom. The zero-order chi connectivity index (χ0) is 45.5. The number of rotatable bonds is 9. The summed E-state index contributed by atoms with van der Waals surface area (Å²) in [4.78, 5) is 48.4. The molecule has 0 fully saturated rings. The van der Waals surface area contributed by atoms with Crippen molar-refractivity contribution in [2.24, 2.45) is 5.73 Å². The second-order valence-electron chi connectivity index (χ2n) is 14.1. The molecule has 0 radical (unpaired) electrons. The molecule has 2 aromatic carbocycles. The Labute approximate surface area is 387 Å². The van der Waals surface area contributed by atoms with Crippen molar-refractivity contribution in [1.82, 2.24) is 54.8 Å². The number of carboxylic acids is 1. The molecule has 0 saturated carbocycles. The van der Waals surface area contributed by atoms with Gasteiger partial charge in [0, 0.05) is 47.6 Å². The molecule has 0 unspecified atom stereocenters. The van der Waals surface area contributed by atoms with Gasteiger partial charge in [0.05, 0.1) is 34.2 Å². The van der Waals surface area contributed by atoms with Gasteiger partial charge in [0.25, 0.3) is 11.7 Å². The molecule has 21 heteroatoms. The zero-order valence-corrected chi connectivity index (χ0v) is 38.9. The summed E-state index contributed by atoms with van der Waals surface area (Å²) in [5.74, 6) is -0.671. The van der Waals surface area contributed by atoms with Gasteiger partial charge < -0.3 is 27.6 Å². The zero-order valence-electron chi connectivity index (χ0n) is 34.2. The molecule has 63 heavy (non-hydrogen) atoms. The summed E-state index contributed by atoms with van der Waals surface area (Å²) in [6, 6.07) is 18.9. The number of amides is 1. The molecule has 0 bridgehead atoms. The molecule has 17 nitrogen and oxygen atoms in total. The van der Waals surface area contributed by atoms with Gasteiger partial charge in [0.1, 0.15) is 11.6 Å². The molecular formula is C42H40Br2Cl2N14O3. The van der Waals surface area contributed by atoms with Crippen LogP contribution in [0.1, 0.15) is 66.0 Å². The molecule has 1 amide bonds. The van der Waals surface area contributed by atoms with E-state index in [2.05, 4.69) is 77.3 Å². The number of carbonyl (C=O) groups is 2. The number of nitrogens with two attached hydrogens (primary N) is 3. The Morgan fingerprint density at radius 1 is 0.683 bits per heavy atom. The summed E-state index contributed by atoms with van der Waals surface area (Å²) in [6.45, 7) is 9.38. The predicted octanol–water partition coefficient (Wildman–Crippen LogP) is 7.54. The summed E-state index contributed by atoms with van der Waals surface area (Å²) in [7, 11) is 0. The second-order valence-corrected chi connectivity index (χ2v) is 16.4. The fraction of sp³-hybridized carbons (Fsp3) is 0.190. The minimum Gasteiger partial charge on any atom is -0.475 e. The van der Waals surface area contributed by atoms with E-state index < -0.39 is 5.97 Å². The average Bonchev–Trinajstić information content (AvgIpc) is 3.78. The average molecular weight is 1020 g/mol. The quantitative estimate of drug-likeness (QED) is 0.0936. The van der Waals surface area contributed by atoms with Gasteiger partial charge in [-0.15, -0.1) is 10.2 Å². The van der Waals surface area contributed by atoms with Gasteiger partial charge in [-0.1, -0.05) is 35.3 Å². The third-order valence-electron chi connectivity index (χ3n) is 9.51. The smallest absolute Gasteiger partial charge is 0.375 e. The molecule has 0 saturated heterocycles. The number of carbonyl (C=O) groups excluding carboxylic acids is 1. The van der Waals surface area contributed by atoms with Crippen molar-refractivity contribution in [3.05, 3.63) is 149 Å². The maximum absolute atomic E-state index is 12.6. The number of halogens is 4. The molecule has 324 valence electrons. The van der Waals surface area contributed by atoms with Crippen LogP contribution in [0, 0.1) is 27.7 Å². The summed E-state index contributed by atoms with van der Waals surface area (Å²) < 4.78 is 3.92. The summed E-state index contributed by atoms with van der Waals surface area (Å²) in [5.41, 5.74) is 26.2. The summed E-state index contributed by atoms with van der Waals surface area (Å²) in [5, 5.41) is 23.0. The second kappa shape index (κ2) is 20.4. The first-order chi connectivity index (χ1) is 30.0. The van der Waals surface area contributed by atoms with Gasteiger partial charge in [-0.05, 0) is 141 Å². The van der Waals surface area contributed by atoms with Crippen LogP contribution in [0.4, 0.5) is 11.6 Å². The molecule has 0 spiro atoms. The van der Waals surface area contributed by atoms with Crippen LogP contribution in [-0.2, 0) is 26.2 Å². The van der Waals surface area contributed by atoms with Gasteiger partial charge in [-0.2, -0.15) is 9.97 Å². The number of aromatic carboxylic acids is 1. The molecule has 0 aliphatic rings. The van der Waals surface area contributed by atoms with Crippen molar-refractivity contribution in [2.45, 2.75) is 53.9 Å². The van der Waals surface area contributed by atoms with E-state index in [9.17, 15) is 9.59 Å². The van der Waals surface area contributed by atoms with Gasteiger partial charge in [-0.3, -0.25) is 14.8 Å². The molecule has 6 aromatic heterocycles. The molecule has 8 N–H and O–H groups in total. The van der Waals surface area contributed by atoms with E-state index in [-0.39, 0.29) is 17.6 Å². The standard InChI is InChI=1S/C21H19BrClN7O.C13H8BrClN4O2.C8H13N3/c1-11-5-18(24)27-12(2)16(11)9-26-20(31)19-28-21(22)30(29-19)10-13-3-4-17-14(6-13)7-15(23)8-25-17;14-13-17-11(12(20)21)18-19(13)6-7-1-2-10-8(3-7)4-9(15)5-16-10;1-5-3-8(10)11-6(2)7(5)4-9/h3-8H,9-10H2,1-2H3,(H2,24,27)(H,26,31);1-5H,6H2,(H,20,21);3H,4,9H2,1-2H3,(H2,10,11). The van der Waals surface area contributed by atoms with Gasteiger partial charge >= 0.3 is 5.97 Å². The molecule has 8 rings (SSSR count). The molecule has 0 atom stereocenters. The number of benzene rings is 2. The Kier molecular flexibility index (Phi) is 15.0. The van der Waals surface area contributed by atoms with Gasteiger partial charge in [0.2, 0.25) is 5.82 Å². The number of carboxylic acid groups (broad SMARTS) is 1. The lowest BCUT2D eigenvalue weighted by atomic mass is 10.1. The van der Waals surface area contributed by atoms with Crippen molar-refractivity contribution < 1.29 is 14.7 Å². The van der Waals surface area contributed by atoms with Gasteiger partial charge in [0.15, 0.2) is 9.47 Å². The van der Waals surface area contributed by atoms with Crippen LogP contribution in [0.5, 0.6) is 0 Å². The van der Waals surface area contributed by atoms with E-state index >= 15 is 0 Å². The number of nitrogen functional groups attached to an aromatic ring is 2. The highest BCUT2D eigenvalue weighted by molar-refractivity contribution is 9.10. The first-order valence-electron chi connectivity index (χ1n) is 18.9. The number of fused-ring (bicyclic) bond motifs is 2. The predicted molar refractivity (Wildman–Crippen MR) is 249 cm³/mol. The number of hydrogen-bond acceptors (Lipinski definition) is 13. The highest BCUT2D eigenvalue weighted by Gasteiger charge is 2.17. The van der Waals surface area contributed by atoms with Crippen molar-refractivity contribution in [2.75, 3.05) is 11.5 Å². The Bertz CT molecular complexity index is 2950. The monoisotopic (exact) mass is 1020 g/mol. The third-order valence-corrected chi connectivity index (χ3v) is 11.1. The maximum atomic E-state index is 12.6. The highest BCUT2D eigenvalue weighted by atomic mass is 79.9. The summed E-state index contributed by atoms with van der Waals surface area (Å²) in [6.07, 6.45) is 3.21. The minimum atomic E-state index is -1.16. The number of hydrogen-bond donors (Lipinski definition) is 5. The normalized spacial score (nSPS) is 10.9. The van der Waals surface area contributed by atoms with E-state index in [1.807, 2.05) is 82.3 Å². The van der Waals surface area contributed by atoms with Gasteiger partial charge in [-0.25, -0.2) is 24.1 Å². The lowest BCUT2D eigenvalue weighted by Gasteiger charge is -2.10. The Morgan fingerprint density at radius 3 is 1.59 bits per heavy atom. The van der Waals surface area contributed by atoms with Crippen LogP contribution in [-0.4, -0.2) is 66.4 Å². The molecule has 0 aliphatic heterocycles. The van der Waals surface area contributed by atoms with Crippen molar-refractivity contribution in [3.8, 4) is 0 Å². The largest absolute Gasteiger partial charge is 0.475 e. The van der Waals surface area contributed by atoms with Crippen LogP contribution in [0.25, 0.3) is 21.8 Å². The lowest BCUT2D eigenvalue weighted by molar-refractivity contribution is 0.0683. The van der Waals surface area contributed by atoms with Crippen molar-refractivity contribution in [3.63, 3.8) is 0 Å². The SMILES string of the molecule is Cc1cc(N)nc(C)c1CN.Cc1cc(N)nc(C)c1CNC(=O)c1nc(Br)n(Cc2ccc3ncc(Cl)cc3c2)n1.O=C(O)c1nc(Br)n(Cc2ccc3ncc(Cl)cc3c2)n1. The Hall–Kier alpha value is -6.12. The number of anilines is 2. The summed E-state index contributed by atoms with van der Waals surface area (Å²) >= 11 is 18.6. The van der Waals surface area contributed by atoms with Crippen molar-refractivity contribution in [1.29, 1.82) is 0 Å². The first-order valence-corrected chi connectivity index (χ1v) is 21.3. The van der Waals surface area contributed by atoms with Crippen LogP contribution in [0.15, 0.2) is 82.5 Å². The number of aromatic nitrogens is 10. The van der Waals surface area contributed by atoms with E-state index in [1.165, 1.54) is 4.68 Å². The van der Waals surface area contributed by atoms with Crippen LogP contribution >= 0.6 is 55.1 Å². The number of nitrogens with zero attached hydrogens (tertiary/aromatic N) is 10. The highest BCUT2D eigenvalue weighted by Crippen LogP contribution is 2.22. The fourth-order valence-corrected chi connectivity index (χ4v) is 7.56. The van der Waals surface area contributed by atoms with Crippen molar-refractivity contribution >= 4 is 100 Å². The topological polar surface area (TPSA) is 257 Å². The molecule has 0 aliphatic carbocycles. The number of pyridine rings is 4. The van der Waals surface area contributed by atoms with Crippen LogP contribution < -0.4 is 22.5 Å². The Balaban J connectivity index is 0.000000177. The third kappa shape index (κ3) is 11.9. The van der Waals surface area contributed by atoms with Crippen LogP contribution in [0.2, 0.25) is 10.0 Å². The lowest BCUT2D eigenvalue weighted by Crippen LogP contribution is -2.25. The number of nitrogens with one attached hydrogen (secondary N) is 1. The van der Waals surface area contributed by atoms with Crippen LogP contribution in [0.3, 0.4) is 0 Å². The number of aryl methyl sites for hydroxylation is 4. The molecule has 8 aromatic rings. The fourth-order valence-electron chi connectivity index (χ4n) is 6.48. The first kappa shape index (κ1) is 46.4.